The monoisotopic (exact) mass is 305 g/mol. The van der Waals surface area contributed by atoms with Gasteiger partial charge in [-0.3, -0.25) is 4.79 Å². The van der Waals surface area contributed by atoms with Crippen molar-refractivity contribution in [3.05, 3.63) is 24.3 Å². The molecule has 6 heteroatoms. The van der Waals surface area contributed by atoms with Crippen LogP contribution < -0.4 is 10.2 Å². The maximum Gasteiger partial charge on any atom is 0.409 e. The SMILES string of the molecule is COC(=O)N1CCC(C(=O)Nc2ccc(N(C)C)cc2)CC1. The standard InChI is InChI=1S/C16H23N3O3/c1-18(2)14-6-4-13(5-7-14)17-15(20)12-8-10-19(11-9-12)16(21)22-3/h4-7,12H,8-11H2,1-3H3,(H,17,20). The van der Waals surface area contributed by atoms with Crippen LogP contribution in [0.5, 0.6) is 0 Å². The number of amides is 2. The summed E-state index contributed by atoms with van der Waals surface area (Å²) >= 11 is 0. The Morgan fingerprint density at radius 1 is 1.18 bits per heavy atom. The van der Waals surface area contributed by atoms with Crippen LogP contribution in [0.15, 0.2) is 24.3 Å². The first-order valence-corrected chi connectivity index (χ1v) is 7.42. The Morgan fingerprint density at radius 2 is 1.77 bits per heavy atom. The zero-order chi connectivity index (χ0) is 16.1. The van der Waals surface area contributed by atoms with E-state index in [1.165, 1.54) is 7.11 Å². The summed E-state index contributed by atoms with van der Waals surface area (Å²) in [6, 6.07) is 7.73. The molecule has 1 aliphatic heterocycles. The molecule has 120 valence electrons. The maximum absolute atomic E-state index is 12.3. The summed E-state index contributed by atoms with van der Waals surface area (Å²) in [5, 5.41) is 2.94. The molecule has 1 heterocycles. The molecule has 6 nitrogen and oxygen atoms in total. The summed E-state index contributed by atoms with van der Waals surface area (Å²) < 4.78 is 4.69. The molecule has 0 atom stereocenters. The molecule has 1 aliphatic rings. The van der Waals surface area contributed by atoms with Gasteiger partial charge in [-0.1, -0.05) is 0 Å². The minimum absolute atomic E-state index is 0.0159. The van der Waals surface area contributed by atoms with Crippen molar-refractivity contribution in [2.75, 3.05) is 44.5 Å². The lowest BCUT2D eigenvalue weighted by Gasteiger charge is -2.30. The molecule has 1 fully saturated rings. The number of methoxy groups -OCH3 is 1. The third kappa shape index (κ3) is 3.90. The Kier molecular flexibility index (Phi) is 5.25. The second kappa shape index (κ2) is 7.15. The predicted molar refractivity (Wildman–Crippen MR) is 86.1 cm³/mol. The van der Waals surface area contributed by atoms with Crippen LogP contribution in [0.25, 0.3) is 0 Å². The van der Waals surface area contributed by atoms with Crippen LogP contribution in [0.3, 0.4) is 0 Å². The van der Waals surface area contributed by atoms with Crippen molar-refractivity contribution < 1.29 is 14.3 Å². The van der Waals surface area contributed by atoms with Crippen molar-refractivity contribution in [3.63, 3.8) is 0 Å². The second-order valence-electron chi connectivity index (χ2n) is 5.66. The fraction of sp³-hybridized carbons (Fsp3) is 0.500. The number of likely N-dealkylation sites (tertiary alicyclic amines) is 1. The minimum Gasteiger partial charge on any atom is -0.453 e. The van der Waals surface area contributed by atoms with Gasteiger partial charge in [-0.25, -0.2) is 4.79 Å². The lowest BCUT2D eigenvalue weighted by atomic mass is 9.96. The quantitative estimate of drug-likeness (QED) is 0.929. The largest absolute Gasteiger partial charge is 0.453 e. The van der Waals surface area contributed by atoms with Gasteiger partial charge in [0.25, 0.3) is 0 Å². The average Bonchev–Trinajstić information content (AvgIpc) is 2.54. The number of anilines is 2. The Morgan fingerprint density at radius 3 is 2.27 bits per heavy atom. The van der Waals surface area contributed by atoms with E-state index in [0.29, 0.717) is 25.9 Å². The summed E-state index contributed by atoms with van der Waals surface area (Å²) in [5.41, 5.74) is 1.88. The molecular weight excluding hydrogens is 282 g/mol. The van der Waals surface area contributed by atoms with Crippen LogP contribution in [0, 0.1) is 5.92 Å². The van der Waals surface area contributed by atoms with Crippen molar-refractivity contribution in [1.82, 2.24) is 4.90 Å². The van der Waals surface area contributed by atoms with E-state index in [1.54, 1.807) is 4.90 Å². The highest BCUT2D eigenvalue weighted by atomic mass is 16.5. The zero-order valence-corrected chi connectivity index (χ0v) is 13.3. The summed E-state index contributed by atoms with van der Waals surface area (Å²) in [6.45, 7) is 1.12. The molecule has 0 aliphatic carbocycles. The highest BCUT2D eigenvalue weighted by molar-refractivity contribution is 5.92. The molecule has 1 aromatic carbocycles. The van der Waals surface area contributed by atoms with Crippen LogP contribution in [-0.4, -0.2) is 51.2 Å². The van der Waals surface area contributed by atoms with Gasteiger partial charge in [-0.05, 0) is 37.1 Å². The smallest absolute Gasteiger partial charge is 0.409 e. The summed E-state index contributed by atoms with van der Waals surface area (Å²) in [7, 11) is 5.32. The van der Waals surface area contributed by atoms with Crippen molar-refractivity contribution in [2.24, 2.45) is 5.92 Å². The fourth-order valence-corrected chi connectivity index (χ4v) is 2.54. The Bertz CT molecular complexity index is 520. The molecule has 1 N–H and O–H groups in total. The molecule has 2 rings (SSSR count). The van der Waals surface area contributed by atoms with Gasteiger partial charge in [-0.15, -0.1) is 0 Å². The number of hydrogen-bond acceptors (Lipinski definition) is 4. The number of rotatable bonds is 3. The molecule has 0 aromatic heterocycles. The van der Waals surface area contributed by atoms with E-state index in [0.717, 1.165) is 11.4 Å². The van der Waals surface area contributed by atoms with Crippen LogP contribution in [0.1, 0.15) is 12.8 Å². The highest BCUT2D eigenvalue weighted by Gasteiger charge is 2.27. The van der Waals surface area contributed by atoms with E-state index in [9.17, 15) is 9.59 Å². The van der Waals surface area contributed by atoms with Crippen LogP contribution >= 0.6 is 0 Å². The number of carbonyl (C=O) groups excluding carboxylic acids is 2. The Hall–Kier alpha value is -2.24. The first-order valence-electron chi connectivity index (χ1n) is 7.42. The number of ether oxygens (including phenoxy) is 1. The van der Waals surface area contributed by atoms with Crippen molar-refractivity contribution in [3.8, 4) is 0 Å². The number of hydrogen-bond donors (Lipinski definition) is 1. The molecule has 1 aromatic rings. The zero-order valence-electron chi connectivity index (χ0n) is 13.3. The highest BCUT2D eigenvalue weighted by Crippen LogP contribution is 2.21. The molecule has 0 unspecified atom stereocenters. The lowest BCUT2D eigenvalue weighted by molar-refractivity contribution is -0.121. The minimum atomic E-state index is -0.321. The number of carbonyl (C=O) groups is 2. The molecule has 0 spiro atoms. The molecule has 1 saturated heterocycles. The third-order valence-corrected chi connectivity index (χ3v) is 3.95. The van der Waals surface area contributed by atoms with E-state index < -0.39 is 0 Å². The lowest BCUT2D eigenvalue weighted by Crippen LogP contribution is -2.41. The molecule has 22 heavy (non-hydrogen) atoms. The van der Waals surface area contributed by atoms with Crippen molar-refractivity contribution in [2.45, 2.75) is 12.8 Å². The Balaban J connectivity index is 1.87. The van der Waals surface area contributed by atoms with Gasteiger partial charge in [0.15, 0.2) is 0 Å². The van der Waals surface area contributed by atoms with Crippen molar-refractivity contribution in [1.29, 1.82) is 0 Å². The number of benzene rings is 1. The normalized spacial score (nSPS) is 15.3. The van der Waals surface area contributed by atoms with Gasteiger partial charge < -0.3 is 19.9 Å². The molecule has 0 saturated carbocycles. The van der Waals surface area contributed by atoms with E-state index >= 15 is 0 Å². The van der Waals surface area contributed by atoms with Crippen LogP contribution in [0.2, 0.25) is 0 Å². The number of piperidine rings is 1. The van der Waals surface area contributed by atoms with Gasteiger partial charge in [0, 0.05) is 44.5 Å². The van der Waals surface area contributed by atoms with Gasteiger partial charge >= 0.3 is 6.09 Å². The molecule has 2 amide bonds. The number of nitrogens with one attached hydrogen (secondary N) is 1. The van der Waals surface area contributed by atoms with Crippen LogP contribution in [-0.2, 0) is 9.53 Å². The van der Waals surface area contributed by atoms with E-state index in [1.807, 2.05) is 43.3 Å². The molecule has 0 radical (unpaired) electrons. The summed E-state index contributed by atoms with van der Waals surface area (Å²) in [5.74, 6) is -0.0449. The topological polar surface area (TPSA) is 61.9 Å². The third-order valence-electron chi connectivity index (χ3n) is 3.95. The second-order valence-corrected chi connectivity index (χ2v) is 5.66. The molecular formula is C16H23N3O3. The van der Waals surface area contributed by atoms with Crippen molar-refractivity contribution >= 4 is 23.4 Å². The summed E-state index contributed by atoms with van der Waals surface area (Å²) in [6.07, 6.45) is 1.01. The Labute approximate surface area is 131 Å². The molecule has 0 bridgehead atoms. The summed E-state index contributed by atoms with van der Waals surface area (Å²) in [4.78, 5) is 27.3. The van der Waals surface area contributed by atoms with Crippen LogP contribution in [0.4, 0.5) is 16.2 Å². The van der Waals surface area contributed by atoms with E-state index in [4.69, 9.17) is 4.74 Å². The predicted octanol–water partition coefficient (Wildman–Crippen LogP) is 2.17. The average molecular weight is 305 g/mol. The first kappa shape index (κ1) is 16.1. The van der Waals surface area contributed by atoms with Gasteiger partial charge in [-0.2, -0.15) is 0 Å². The van der Waals surface area contributed by atoms with E-state index in [2.05, 4.69) is 5.32 Å². The van der Waals surface area contributed by atoms with Gasteiger partial charge in [0.1, 0.15) is 0 Å². The van der Waals surface area contributed by atoms with Gasteiger partial charge in [0.05, 0.1) is 7.11 Å². The number of nitrogens with zero attached hydrogens (tertiary/aromatic N) is 2. The van der Waals surface area contributed by atoms with Gasteiger partial charge in [0.2, 0.25) is 5.91 Å². The fourth-order valence-electron chi connectivity index (χ4n) is 2.54. The maximum atomic E-state index is 12.3. The first-order chi connectivity index (χ1) is 10.5. The van der Waals surface area contributed by atoms with E-state index in [-0.39, 0.29) is 17.9 Å².